The number of hydrogen-bond acceptors (Lipinski definition) is 8. The molecule has 1 aliphatic heterocycles. The van der Waals surface area contributed by atoms with Crippen LogP contribution in [-0.4, -0.2) is 56.8 Å². The highest BCUT2D eigenvalue weighted by atomic mass is 32.2. The minimum absolute atomic E-state index is 0.0873. The van der Waals surface area contributed by atoms with Crippen LogP contribution in [0.25, 0.3) is 5.69 Å². The minimum Gasteiger partial charge on any atom is -0.497 e. The van der Waals surface area contributed by atoms with Gasteiger partial charge in [0.15, 0.2) is 17.6 Å². The molecule has 0 saturated heterocycles. The monoisotopic (exact) mass is 646 g/mol. The second-order valence-corrected chi connectivity index (χ2v) is 11.8. The van der Waals surface area contributed by atoms with Gasteiger partial charge >= 0.3 is 0 Å². The predicted molar refractivity (Wildman–Crippen MR) is 181 cm³/mol. The van der Waals surface area contributed by atoms with E-state index in [0.717, 1.165) is 33.8 Å². The van der Waals surface area contributed by atoms with E-state index < -0.39 is 0 Å². The average Bonchev–Trinajstić information content (AvgIpc) is 3.75. The SMILES string of the molecule is COc1ccc(C2=NN(C(=O)CSc3nnc(CNC(=O)COc4ccccc4)n3-c3ccccc3)[C@H](c3ccc(C)cc3)C2)cc1. The van der Waals surface area contributed by atoms with Crippen LogP contribution in [0.1, 0.15) is 35.0 Å². The van der Waals surface area contributed by atoms with Gasteiger partial charge in [0, 0.05) is 12.1 Å². The maximum absolute atomic E-state index is 13.9. The van der Waals surface area contributed by atoms with Crippen LogP contribution in [-0.2, 0) is 16.1 Å². The molecule has 47 heavy (non-hydrogen) atoms. The van der Waals surface area contributed by atoms with Crippen LogP contribution in [0.15, 0.2) is 119 Å². The van der Waals surface area contributed by atoms with Crippen LogP contribution in [0, 0.1) is 6.92 Å². The minimum atomic E-state index is -0.289. The summed E-state index contributed by atoms with van der Waals surface area (Å²) in [7, 11) is 1.63. The van der Waals surface area contributed by atoms with Crippen LogP contribution < -0.4 is 14.8 Å². The number of carbonyl (C=O) groups excluding carboxylic acids is 2. The number of nitrogens with zero attached hydrogens (tertiary/aromatic N) is 5. The van der Waals surface area contributed by atoms with Gasteiger partial charge in [-0.05, 0) is 66.6 Å². The zero-order valence-electron chi connectivity index (χ0n) is 26.1. The molecule has 1 atom stereocenters. The van der Waals surface area contributed by atoms with Crippen molar-refractivity contribution in [2.75, 3.05) is 19.5 Å². The molecule has 1 aliphatic rings. The number of amides is 2. The normalized spacial score (nSPS) is 14.0. The third-order valence-electron chi connectivity index (χ3n) is 7.65. The number of para-hydroxylation sites is 2. The Kier molecular flexibility index (Phi) is 9.93. The molecular weight excluding hydrogens is 613 g/mol. The number of carbonyl (C=O) groups is 2. The van der Waals surface area contributed by atoms with Gasteiger partial charge in [0.25, 0.3) is 11.8 Å². The van der Waals surface area contributed by atoms with E-state index in [4.69, 9.17) is 14.6 Å². The highest BCUT2D eigenvalue weighted by molar-refractivity contribution is 7.99. The van der Waals surface area contributed by atoms with E-state index in [1.807, 2.05) is 84.3 Å². The standard InChI is InChI=1S/C36H34N6O4S/c1-25-13-15-27(16-14-25)32-21-31(26-17-19-29(45-2)20-18-26)40-42(32)35(44)24-47-36-39-38-33(41(36)28-9-5-3-6-10-28)22-37-34(43)23-46-30-11-7-4-8-12-30/h3-20,32H,21-24H2,1-2H3,(H,37,43)/t32-/m0/s1. The molecule has 0 fully saturated rings. The molecule has 6 rings (SSSR count). The Bertz CT molecular complexity index is 1840. The highest BCUT2D eigenvalue weighted by Gasteiger charge is 2.33. The van der Waals surface area contributed by atoms with Crippen molar-refractivity contribution in [3.8, 4) is 17.2 Å². The van der Waals surface area contributed by atoms with E-state index >= 15 is 0 Å². The molecule has 5 aromatic rings. The van der Waals surface area contributed by atoms with E-state index in [1.54, 1.807) is 24.3 Å². The fourth-order valence-electron chi connectivity index (χ4n) is 5.18. The fourth-order valence-corrected chi connectivity index (χ4v) is 6.00. The summed E-state index contributed by atoms with van der Waals surface area (Å²) in [5, 5.41) is 18.6. The summed E-state index contributed by atoms with van der Waals surface area (Å²) in [5.41, 5.74) is 4.75. The van der Waals surface area contributed by atoms with E-state index in [9.17, 15) is 9.59 Å². The number of aryl methyl sites for hydroxylation is 1. The van der Waals surface area contributed by atoms with Crippen molar-refractivity contribution >= 4 is 29.3 Å². The fraction of sp³-hybridized carbons (Fsp3) is 0.194. The number of aromatic nitrogens is 3. The largest absolute Gasteiger partial charge is 0.497 e. The smallest absolute Gasteiger partial charge is 0.258 e. The van der Waals surface area contributed by atoms with Crippen molar-refractivity contribution in [1.82, 2.24) is 25.1 Å². The van der Waals surface area contributed by atoms with Crippen LogP contribution in [0.5, 0.6) is 11.5 Å². The molecule has 4 aromatic carbocycles. The number of methoxy groups -OCH3 is 1. The van der Waals surface area contributed by atoms with Crippen molar-refractivity contribution in [2.24, 2.45) is 5.10 Å². The molecule has 0 saturated carbocycles. The van der Waals surface area contributed by atoms with Gasteiger partial charge in [-0.1, -0.05) is 78.0 Å². The quantitative estimate of drug-likeness (QED) is 0.172. The first-order valence-electron chi connectivity index (χ1n) is 15.2. The number of ether oxygens (including phenoxy) is 2. The van der Waals surface area contributed by atoms with Crippen LogP contribution in [0.3, 0.4) is 0 Å². The second kappa shape index (κ2) is 14.8. The Balaban J connectivity index is 1.18. The molecule has 2 amide bonds. The summed E-state index contributed by atoms with van der Waals surface area (Å²) >= 11 is 1.28. The maximum atomic E-state index is 13.9. The molecule has 11 heteroatoms. The molecular formula is C36H34N6O4S. The molecule has 1 N–H and O–H groups in total. The first-order valence-corrected chi connectivity index (χ1v) is 16.1. The molecule has 0 aliphatic carbocycles. The lowest BCUT2D eigenvalue weighted by molar-refractivity contribution is -0.130. The molecule has 0 radical (unpaired) electrons. The maximum Gasteiger partial charge on any atom is 0.258 e. The summed E-state index contributed by atoms with van der Waals surface area (Å²) < 4.78 is 12.7. The number of hydrazone groups is 1. The summed E-state index contributed by atoms with van der Waals surface area (Å²) in [6, 6.07) is 34.4. The molecule has 2 heterocycles. The van der Waals surface area contributed by atoms with E-state index in [2.05, 4.69) is 39.8 Å². The number of benzene rings is 4. The van der Waals surface area contributed by atoms with Crippen molar-refractivity contribution in [2.45, 2.75) is 31.1 Å². The molecule has 10 nitrogen and oxygen atoms in total. The summed E-state index contributed by atoms with van der Waals surface area (Å²) in [6.07, 6.45) is 0.587. The Morgan fingerprint density at radius 2 is 1.57 bits per heavy atom. The van der Waals surface area contributed by atoms with Gasteiger partial charge < -0.3 is 14.8 Å². The van der Waals surface area contributed by atoms with E-state index in [-0.39, 0.29) is 36.8 Å². The lowest BCUT2D eigenvalue weighted by Crippen LogP contribution is -2.29. The lowest BCUT2D eigenvalue weighted by atomic mass is 9.97. The highest BCUT2D eigenvalue weighted by Crippen LogP contribution is 2.34. The molecule has 0 bridgehead atoms. The zero-order chi connectivity index (χ0) is 32.6. The molecule has 0 unspecified atom stereocenters. The van der Waals surface area contributed by atoms with Gasteiger partial charge in [-0.3, -0.25) is 14.2 Å². The third-order valence-corrected chi connectivity index (χ3v) is 8.56. The Morgan fingerprint density at radius 1 is 0.872 bits per heavy atom. The van der Waals surface area contributed by atoms with Crippen molar-refractivity contribution in [3.63, 3.8) is 0 Å². The molecule has 0 spiro atoms. The Hall–Kier alpha value is -5.42. The van der Waals surface area contributed by atoms with Gasteiger partial charge in [0.05, 0.1) is 31.2 Å². The number of rotatable bonds is 12. The van der Waals surface area contributed by atoms with Crippen molar-refractivity contribution < 1.29 is 19.1 Å². The Labute approximate surface area is 277 Å². The van der Waals surface area contributed by atoms with Crippen molar-refractivity contribution in [3.05, 3.63) is 132 Å². The van der Waals surface area contributed by atoms with Crippen LogP contribution in [0.4, 0.5) is 0 Å². The number of hydrogen-bond donors (Lipinski definition) is 1. The van der Waals surface area contributed by atoms with Gasteiger partial charge in [0.2, 0.25) is 0 Å². The first-order chi connectivity index (χ1) is 23.0. The first kappa shape index (κ1) is 31.6. The van der Waals surface area contributed by atoms with Gasteiger partial charge in [-0.2, -0.15) is 5.10 Å². The third kappa shape index (κ3) is 7.70. The van der Waals surface area contributed by atoms with Crippen molar-refractivity contribution in [1.29, 1.82) is 0 Å². The van der Waals surface area contributed by atoms with Gasteiger partial charge in [-0.25, -0.2) is 5.01 Å². The van der Waals surface area contributed by atoms with Gasteiger partial charge in [-0.15, -0.1) is 10.2 Å². The number of thioether (sulfide) groups is 1. The molecule has 238 valence electrons. The summed E-state index contributed by atoms with van der Waals surface area (Å²) in [4.78, 5) is 26.4. The second-order valence-electron chi connectivity index (χ2n) is 10.9. The predicted octanol–water partition coefficient (Wildman–Crippen LogP) is 5.75. The molecule has 1 aromatic heterocycles. The topological polar surface area (TPSA) is 111 Å². The average molecular weight is 647 g/mol. The number of nitrogens with one attached hydrogen (secondary N) is 1. The van der Waals surface area contributed by atoms with E-state index in [0.29, 0.717) is 23.2 Å². The van der Waals surface area contributed by atoms with E-state index in [1.165, 1.54) is 11.8 Å². The lowest BCUT2D eigenvalue weighted by Gasteiger charge is -2.22. The van der Waals surface area contributed by atoms with Crippen LogP contribution in [0.2, 0.25) is 0 Å². The summed E-state index contributed by atoms with van der Waals surface area (Å²) in [5.74, 6) is 1.54. The van der Waals surface area contributed by atoms with Crippen LogP contribution >= 0.6 is 11.8 Å². The zero-order valence-corrected chi connectivity index (χ0v) is 26.9. The Morgan fingerprint density at radius 3 is 2.28 bits per heavy atom. The summed E-state index contributed by atoms with van der Waals surface area (Å²) in [6.45, 7) is 2.04. The van der Waals surface area contributed by atoms with Gasteiger partial charge in [0.1, 0.15) is 11.5 Å².